The van der Waals surface area contributed by atoms with E-state index in [1.165, 1.54) is 11.3 Å². The van der Waals surface area contributed by atoms with E-state index < -0.39 is 0 Å². The Labute approximate surface area is 147 Å². The summed E-state index contributed by atoms with van der Waals surface area (Å²) in [7, 11) is 0. The molecule has 9 nitrogen and oxygen atoms in total. The van der Waals surface area contributed by atoms with Crippen LogP contribution in [0.25, 0.3) is 11.5 Å². The molecule has 0 radical (unpaired) electrons. The van der Waals surface area contributed by atoms with Gasteiger partial charge in [-0.3, -0.25) is 14.7 Å². The van der Waals surface area contributed by atoms with Crippen LogP contribution in [0, 0.1) is 6.92 Å². The summed E-state index contributed by atoms with van der Waals surface area (Å²) in [6, 6.07) is 0. The quantitative estimate of drug-likeness (QED) is 0.728. The summed E-state index contributed by atoms with van der Waals surface area (Å²) < 4.78 is 5.31. The summed E-state index contributed by atoms with van der Waals surface area (Å²) in [5, 5.41) is 9.27. The molecule has 1 amide bonds. The van der Waals surface area contributed by atoms with E-state index >= 15 is 0 Å². The molecule has 3 aromatic rings. The highest BCUT2D eigenvalue weighted by atomic mass is 32.1. The highest BCUT2D eigenvalue weighted by Gasteiger charge is 2.33. The molecule has 1 N–H and O–H groups in total. The molecule has 4 rings (SSSR count). The van der Waals surface area contributed by atoms with Gasteiger partial charge in [-0.25, -0.2) is 9.97 Å². The first-order valence-corrected chi connectivity index (χ1v) is 8.59. The second kappa shape index (κ2) is 6.65. The summed E-state index contributed by atoms with van der Waals surface area (Å²) >= 11 is 1.42. The van der Waals surface area contributed by atoms with Gasteiger partial charge in [-0.05, 0) is 6.92 Å². The van der Waals surface area contributed by atoms with Crippen LogP contribution in [-0.2, 0) is 4.79 Å². The summed E-state index contributed by atoms with van der Waals surface area (Å²) in [6.07, 6.45) is 4.76. The Morgan fingerprint density at radius 3 is 3.00 bits per heavy atom. The largest absolute Gasteiger partial charge is 0.339 e. The molecule has 1 saturated heterocycles. The Bertz CT molecular complexity index is 873. The smallest absolute Gasteiger partial charge is 0.240 e. The van der Waals surface area contributed by atoms with Crippen LogP contribution in [0.3, 0.4) is 0 Å². The Balaban J connectivity index is 1.29. The van der Waals surface area contributed by atoms with Crippen LogP contribution >= 0.6 is 11.3 Å². The number of amides is 1. The van der Waals surface area contributed by atoms with Crippen LogP contribution in [0.2, 0.25) is 0 Å². The van der Waals surface area contributed by atoms with Gasteiger partial charge < -0.3 is 9.84 Å². The van der Waals surface area contributed by atoms with Crippen molar-refractivity contribution in [3.8, 4) is 11.5 Å². The number of aryl methyl sites for hydroxylation is 1. The molecular weight excluding hydrogens is 342 g/mol. The molecular formula is C15H15N7O2S. The van der Waals surface area contributed by atoms with Gasteiger partial charge in [0.25, 0.3) is 0 Å². The van der Waals surface area contributed by atoms with Crippen LogP contribution in [0.4, 0.5) is 5.13 Å². The number of hydrogen-bond donors (Lipinski definition) is 1. The van der Waals surface area contributed by atoms with Gasteiger partial charge in [0, 0.05) is 30.9 Å². The van der Waals surface area contributed by atoms with Gasteiger partial charge in [-0.2, -0.15) is 4.98 Å². The molecule has 0 unspecified atom stereocenters. The predicted molar refractivity (Wildman–Crippen MR) is 90.0 cm³/mol. The Morgan fingerprint density at radius 1 is 1.40 bits per heavy atom. The van der Waals surface area contributed by atoms with E-state index in [2.05, 4.69) is 30.4 Å². The van der Waals surface area contributed by atoms with Crippen LogP contribution in [-0.4, -0.2) is 55.5 Å². The van der Waals surface area contributed by atoms with Crippen molar-refractivity contribution in [2.45, 2.75) is 12.8 Å². The predicted octanol–water partition coefficient (Wildman–Crippen LogP) is 1.33. The number of carbonyl (C=O) groups excluding carboxylic acids is 1. The maximum atomic E-state index is 12.0. The summed E-state index contributed by atoms with van der Waals surface area (Å²) in [4.78, 5) is 30.7. The molecule has 1 fully saturated rings. The van der Waals surface area contributed by atoms with Crippen LogP contribution in [0.5, 0.6) is 0 Å². The lowest BCUT2D eigenvalue weighted by Crippen LogP contribution is -2.48. The summed E-state index contributed by atoms with van der Waals surface area (Å²) in [5.41, 5.74) is 1.48. The van der Waals surface area contributed by atoms with Gasteiger partial charge in [0.05, 0.1) is 24.4 Å². The van der Waals surface area contributed by atoms with Gasteiger partial charge in [0.1, 0.15) is 5.69 Å². The Hall–Kier alpha value is -2.72. The Kier molecular flexibility index (Phi) is 4.20. The molecule has 0 spiro atoms. The topological polar surface area (TPSA) is 110 Å². The SMILES string of the molecule is Cc1csc(NC(=O)CN2CC(c3nc(-c4cnccn4)no3)C2)n1. The van der Waals surface area contributed by atoms with Crippen molar-refractivity contribution in [1.29, 1.82) is 0 Å². The minimum Gasteiger partial charge on any atom is -0.339 e. The first kappa shape index (κ1) is 15.8. The van der Waals surface area contributed by atoms with Gasteiger partial charge in [0.2, 0.25) is 17.6 Å². The van der Waals surface area contributed by atoms with E-state index in [1.54, 1.807) is 18.6 Å². The van der Waals surface area contributed by atoms with Crippen molar-refractivity contribution in [3.05, 3.63) is 35.6 Å². The summed E-state index contributed by atoms with van der Waals surface area (Å²) in [6.45, 7) is 3.62. The Morgan fingerprint density at radius 2 is 2.28 bits per heavy atom. The molecule has 4 heterocycles. The minimum atomic E-state index is -0.0708. The maximum Gasteiger partial charge on any atom is 0.240 e. The number of anilines is 1. The van der Waals surface area contributed by atoms with E-state index in [-0.39, 0.29) is 11.8 Å². The monoisotopic (exact) mass is 357 g/mol. The van der Waals surface area contributed by atoms with Gasteiger partial charge in [-0.15, -0.1) is 11.3 Å². The molecule has 0 atom stereocenters. The van der Waals surface area contributed by atoms with Gasteiger partial charge in [-0.1, -0.05) is 5.16 Å². The molecule has 0 bridgehead atoms. The zero-order valence-electron chi connectivity index (χ0n) is 13.4. The van der Waals surface area contributed by atoms with Crippen LogP contribution in [0.15, 0.2) is 28.5 Å². The number of likely N-dealkylation sites (tertiary alicyclic amines) is 1. The van der Waals surface area contributed by atoms with Crippen LogP contribution in [0.1, 0.15) is 17.5 Å². The number of aromatic nitrogens is 5. The molecule has 10 heteroatoms. The maximum absolute atomic E-state index is 12.0. The number of rotatable bonds is 5. The lowest BCUT2D eigenvalue weighted by molar-refractivity contribution is -0.118. The molecule has 1 aliphatic rings. The van der Waals surface area contributed by atoms with Crippen molar-refractivity contribution in [2.24, 2.45) is 0 Å². The van der Waals surface area contributed by atoms with Gasteiger partial charge in [0.15, 0.2) is 5.13 Å². The third-order valence-electron chi connectivity index (χ3n) is 3.77. The first-order valence-electron chi connectivity index (χ1n) is 7.71. The first-order chi connectivity index (χ1) is 12.2. The third kappa shape index (κ3) is 3.54. The lowest BCUT2D eigenvalue weighted by atomic mass is 10.0. The number of thiazole rings is 1. The number of nitrogens with one attached hydrogen (secondary N) is 1. The molecule has 3 aromatic heterocycles. The average Bonchev–Trinajstić information content (AvgIpc) is 3.21. The number of hydrogen-bond acceptors (Lipinski definition) is 9. The van der Waals surface area contributed by atoms with Gasteiger partial charge >= 0.3 is 0 Å². The normalized spacial score (nSPS) is 15.1. The molecule has 0 saturated carbocycles. The molecule has 128 valence electrons. The zero-order chi connectivity index (χ0) is 17.2. The molecule has 25 heavy (non-hydrogen) atoms. The zero-order valence-corrected chi connectivity index (χ0v) is 14.2. The summed E-state index contributed by atoms with van der Waals surface area (Å²) in [5.74, 6) is 1.05. The number of nitrogens with zero attached hydrogens (tertiary/aromatic N) is 6. The fourth-order valence-electron chi connectivity index (χ4n) is 2.55. The fraction of sp³-hybridized carbons (Fsp3) is 0.333. The van der Waals surface area contributed by atoms with Crippen molar-refractivity contribution in [1.82, 2.24) is 30.0 Å². The third-order valence-corrected chi connectivity index (χ3v) is 4.65. The second-order valence-corrected chi connectivity index (χ2v) is 6.64. The van der Waals surface area contributed by atoms with E-state index in [1.807, 2.05) is 17.2 Å². The second-order valence-electron chi connectivity index (χ2n) is 5.78. The van der Waals surface area contributed by atoms with Crippen molar-refractivity contribution in [2.75, 3.05) is 25.0 Å². The van der Waals surface area contributed by atoms with Crippen molar-refractivity contribution < 1.29 is 9.32 Å². The molecule has 1 aliphatic heterocycles. The van der Waals surface area contributed by atoms with E-state index in [0.29, 0.717) is 42.2 Å². The highest BCUT2D eigenvalue weighted by Crippen LogP contribution is 2.27. The van der Waals surface area contributed by atoms with Crippen LogP contribution < -0.4 is 5.32 Å². The number of carbonyl (C=O) groups is 1. The van der Waals surface area contributed by atoms with Crippen molar-refractivity contribution >= 4 is 22.4 Å². The van der Waals surface area contributed by atoms with E-state index in [0.717, 1.165) is 5.69 Å². The van der Waals surface area contributed by atoms with E-state index in [4.69, 9.17) is 4.52 Å². The van der Waals surface area contributed by atoms with Crippen molar-refractivity contribution in [3.63, 3.8) is 0 Å². The minimum absolute atomic E-state index is 0.0708. The highest BCUT2D eigenvalue weighted by molar-refractivity contribution is 7.13. The molecule has 0 aliphatic carbocycles. The van der Waals surface area contributed by atoms with E-state index in [9.17, 15) is 4.79 Å². The standard InChI is InChI=1S/C15H15N7O2S/c1-9-8-25-15(18-9)19-12(23)7-22-5-10(6-22)14-20-13(21-24-14)11-4-16-2-3-17-11/h2-4,8,10H,5-7H2,1H3,(H,18,19,23). The average molecular weight is 357 g/mol. The molecule has 0 aromatic carbocycles. The lowest BCUT2D eigenvalue weighted by Gasteiger charge is -2.36. The fourth-order valence-corrected chi connectivity index (χ4v) is 3.25.